The molecule has 0 heterocycles. The number of nitrogens with zero attached hydrogens (tertiary/aromatic N) is 3. The van der Waals surface area contributed by atoms with E-state index in [0.29, 0.717) is 29.9 Å². The van der Waals surface area contributed by atoms with Crippen molar-refractivity contribution >= 4 is 28.8 Å². The highest BCUT2D eigenvalue weighted by Crippen LogP contribution is 2.37. The van der Waals surface area contributed by atoms with Crippen LogP contribution in [-0.2, 0) is 9.53 Å². The first-order valence-electron chi connectivity index (χ1n) is 11.1. The normalized spacial score (nSPS) is 10.8. The van der Waals surface area contributed by atoms with Gasteiger partial charge in [0.15, 0.2) is 5.78 Å². The smallest absolute Gasteiger partial charge is 0.333 e. The second-order valence-corrected chi connectivity index (χ2v) is 7.74. The summed E-state index contributed by atoms with van der Waals surface area (Å²) >= 11 is 0. The van der Waals surface area contributed by atoms with Crippen molar-refractivity contribution in [2.45, 2.75) is 13.8 Å². The van der Waals surface area contributed by atoms with Crippen molar-refractivity contribution < 1.29 is 24.5 Å². The van der Waals surface area contributed by atoms with Crippen molar-refractivity contribution in [2.75, 3.05) is 24.6 Å². The van der Waals surface area contributed by atoms with E-state index in [1.807, 2.05) is 24.0 Å². The Morgan fingerprint density at radius 3 is 2.29 bits per heavy atom. The molecule has 0 saturated heterocycles. The van der Waals surface area contributed by atoms with E-state index < -0.39 is 11.8 Å². The van der Waals surface area contributed by atoms with E-state index in [1.54, 1.807) is 49.4 Å². The van der Waals surface area contributed by atoms with Crippen LogP contribution in [0.1, 0.15) is 29.8 Å². The Morgan fingerprint density at radius 1 is 0.943 bits per heavy atom. The van der Waals surface area contributed by atoms with E-state index in [1.165, 1.54) is 6.07 Å². The Kier molecular flexibility index (Phi) is 8.34. The molecule has 0 atom stereocenters. The molecule has 0 aromatic heterocycles. The monoisotopic (exact) mass is 473 g/mol. The molecule has 0 radical (unpaired) electrons. The van der Waals surface area contributed by atoms with Crippen LogP contribution in [0.5, 0.6) is 11.5 Å². The third-order valence-electron chi connectivity index (χ3n) is 5.19. The summed E-state index contributed by atoms with van der Waals surface area (Å²) < 4.78 is 5.20. The first-order chi connectivity index (χ1) is 16.8. The predicted octanol–water partition coefficient (Wildman–Crippen LogP) is 5.69. The fraction of sp³-hybridized carbons (Fsp3) is 0.185. The second kappa shape index (κ2) is 11.6. The lowest BCUT2D eigenvalue weighted by Gasteiger charge is -2.24. The maximum Gasteiger partial charge on any atom is 0.333 e. The molecule has 0 aliphatic rings. The molecule has 3 rings (SSSR count). The first kappa shape index (κ1) is 25.2. The van der Waals surface area contributed by atoms with Crippen LogP contribution in [-0.4, -0.2) is 41.7 Å². The standard InChI is InChI=1S/C27H27N3O5/c1-4-30(14-15-35-27(34)18(2)3)23-13-9-8-12-21(23)28-29-22-16-20(24(31)17-25(22)32)26(33)19-10-6-5-7-11-19/h5-13,16-17,31-32H,2,4,14-15H2,1,3H3. The number of para-hydroxylation sites is 1. The number of rotatable bonds is 10. The number of phenols is 2. The summed E-state index contributed by atoms with van der Waals surface area (Å²) in [5.41, 5.74) is 2.04. The minimum absolute atomic E-state index is 0.00532. The second-order valence-electron chi connectivity index (χ2n) is 7.74. The molecule has 0 unspecified atom stereocenters. The number of benzene rings is 3. The van der Waals surface area contributed by atoms with E-state index in [0.717, 1.165) is 11.8 Å². The molecule has 8 nitrogen and oxygen atoms in total. The molecule has 0 aliphatic carbocycles. The quantitative estimate of drug-likeness (QED) is 0.169. The van der Waals surface area contributed by atoms with Crippen LogP contribution in [0.4, 0.5) is 17.1 Å². The Labute approximate surface area is 203 Å². The molecule has 0 fully saturated rings. The molecule has 0 amide bonds. The minimum Gasteiger partial charge on any atom is -0.507 e. The summed E-state index contributed by atoms with van der Waals surface area (Å²) in [5.74, 6) is -1.51. The van der Waals surface area contributed by atoms with Crippen molar-refractivity contribution in [1.82, 2.24) is 0 Å². The topological polar surface area (TPSA) is 112 Å². The number of anilines is 1. The van der Waals surface area contributed by atoms with Gasteiger partial charge in [-0.3, -0.25) is 4.79 Å². The van der Waals surface area contributed by atoms with Crippen LogP contribution in [0, 0.1) is 0 Å². The molecular formula is C27H27N3O5. The van der Waals surface area contributed by atoms with Gasteiger partial charge in [0.05, 0.1) is 17.8 Å². The molecule has 8 heteroatoms. The Bertz CT molecular complexity index is 1250. The number of likely N-dealkylation sites (N-methyl/N-ethyl adjacent to an activating group) is 1. The third kappa shape index (κ3) is 6.32. The van der Waals surface area contributed by atoms with Gasteiger partial charge in [-0.2, -0.15) is 0 Å². The lowest BCUT2D eigenvalue weighted by molar-refractivity contribution is -0.138. The van der Waals surface area contributed by atoms with Crippen LogP contribution in [0.15, 0.2) is 89.1 Å². The third-order valence-corrected chi connectivity index (χ3v) is 5.19. The summed E-state index contributed by atoms with van der Waals surface area (Å²) in [6.45, 7) is 8.35. The molecule has 2 N–H and O–H groups in total. The Morgan fingerprint density at radius 2 is 1.60 bits per heavy atom. The zero-order valence-corrected chi connectivity index (χ0v) is 19.6. The summed E-state index contributed by atoms with van der Waals surface area (Å²) in [6.07, 6.45) is 0. The van der Waals surface area contributed by atoms with Crippen molar-refractivity contribution in [3.8, 4) is 11.5 Å². The molecule has 0 spiro atoms. The summed E-state index contributed by atoms with van der Waals surface area (Å²) in [5, 5.41) is 29.0. The van der Waals surface area contributed by atoms with E-state index in [2.05, 4.69) is 16.8 Å². The SMILES string of the molecule is C=C(C)C(=O)OCCN(CC)c1ccccc1N=Nc1cc(C(=O)c2ccccc2)c(O)cc1O. The maximum atomic E-state index is 12.8. The first-order valence-corrected chi connectivity index (χ1v) is 11.1. The van der Waals surface area contributed by atoms with Gasteiger partial charge in [-0.1, -0.05) is 49.0 Å². The number of azo groups is 1. The van der Waals surface area contributed by atoms with E-state index in [-0.39, 0.29) is 29.4 Å². The fourth-order valence-corrected chi connectivity index (χ4v) is 3.32. The van der Waals surface area contributed by atoms with Gasteiger partial charge in [0.25, 0.3) is 0 Å². The maximum absolute atomic E-state index is 12.8. The number of ether oxygens (including phenoxy) is 1. The average molecular weight is 474 g/mol. The van der Waals surface area contributed by atoms with Gasteiger partial charge in [-0.05, 0) is 32.0 Å². The highest BCUT2D eigenvalue weighted by atomic mass is 16.5. The van der Waals surface area contributed by atoms with Crippen LogP contribution >= 0.6 is 0 Å². The number of aromatic hydroxyl groups is 2. The van der Waals surface area contributed by atoms with E-state index >= 15 is 0 Å². The molecule has 3 aromatic rings. The van der Waals surface area contributed by atoms with Crippen LogP contribution in [0.2, 0.25) is 0 Å². The Hall–Kier alpha value is -4.46. The van der Waals surface area contributed by atoms with Gasteiger partial charge >= 0.3 is 5.97 Å². The fourth-order valence-electron chi connectivity index (χ4n) is 3.32. The van der Waals surface area contributed by atoms with E-state index in [9.17, 15) is 19.8 Å². The minimum atomic E-state index is -0.447. The largest absolute Gasteiger partial charge is 0.507 e. The molecule has 0 saturated carbocycles. The van der Waals surface area contributed by atoms with Crippen molar-refractivity contribution in [1.29, 1.82) is 0 Å². The summed E-state index contributed by atoms with van der Waals surface area (Å²) in [4.78, 5) is 26.4. The molecule has 3 aromatic carbocycles. The molecule has 35 heavy (non-hydrogen) atoms. The van der Waals surface area contributed by atoms with E-state index in [4.69, 9.17) is 4.74 Å². The van der Waals surface area contributed by atoms with Crippen molar-refractivity contribution in [3.63, 3.8) is 0 Å². The molecular weight excluding hydrogens is 446 g/mol. The van der Waals surface area contributed by atoms with Crippen molar-refractivity contribution in [2.24, 2.45) is 10.2 Å². The number of hydrogen-bond acceptors (Lipinski definition) is 8. The predicted molar refractivity (Wildman–Crippen MR) is 134 cm³/mol. The lowest BCUT2D eigenvalue weighted by atomic mass is 10.0. The summed E-state index contributed by atoms with van der Waals surface area (Å²) in [7, 11) is 0. The number of ketones is 1. The van der Waals surface area contributed by atoms with Gasteiger partial charge in [-0.25, -0.2) is 4.79 Å². The number of hydrogen-bond donors (Lipinski definition) is 2. The number of phenolic OH excluding ortho intramolecular Hbond substituents is 2. The number of carbonyl (C=O) groups is 2. The van der Waals surface area contributed by atoms with Gasteiger partial charge in [0, 0.05) is 23.7 Å². The molecule has 0 aliphatic heterocycles. The number of carbonyl (C=O) groups excluding carboxylic acids is 2. The zero-order chi connectivity index (χ0) is 25.4. The molecule has 0 bridgehead atoms. The van der Waals surface area contributed by atoms with Gasteiger partial charge in [0.1, 0.15) is 29.5 Å². The average Bonchev–Trinajstić information content (AvgIpc) is 2.86. The summed E-state index contributed by atoms with van der Waals surface area (Å²) in [6, 6.07) is 18.2. The van der Waals surface area contributed by atoms with Gasteiger partial charge in [-0.15, -0.1) is 10.2 Å². The van der Waals surface area contributed by atoms with Crippen LogP contribution < -0.4 is 4.90 Å². The number of esters is 1. The van der Waals surface area contributed by atoms with Gasteiger partial charge < -0.3 is 19.8 Å². The van der Waals surface area contributed by atoms with Crippen molar-refractivity contribution in [3.05, 3.63) is 90.0 Å². The Balaban J connectivity index is 1.86. The van der Waals surface area contributed by atoms with Crippen LogP contribution in [0.25, 0.3) is 0 Å². The zero-order valence-electron chi connectivity index (χ0n) is 19.6. The highest BCUT2D eigenvalue weighted by Gasteiger charge is 2.17. The van der Waals surface area contributed by atoms with Crippen LogP contribution in [0.3, 0.4) is 0 Å². The highest BCUT2D eigenvalue weighted by molar-refractivity contribution is 6.11. The van der Waals surface area contributed by atoms with Gasteiger partial charge in [0.2, 0.25) is 0 Å². The molecule has 180 valence electrons. The lowest BCUT2D eigenvalue weighted by Crippen LogP contribution is -2.28.